The zero-order chi connectivity index (χ0) is 14.8. The van der Waals surface area contributed by atoms with E-state index in [1.54, 1.807) is 0 Å². The largest absolute Gasteiger partial charge is 0.349 e. The lowest BCUT2D eigenvalue weighted by atomic mass is 10.0. The predicted octanol–water partition coefficient (Wildman–Crippen LogP) is 2.22. The quantitative estimate of drug-likeness (QED) is 0.832. The van der Waals surface area contributed by atoms with Crippen molar-refractivity contribution in [1.29, 1.82) is 0 Å². The molecule has 3 nitrogen and oxygen atoms in total. The highest BCUT2D eigenvalue weighted by Gasteiger charge is 2.42. The molecule has 1 aromatic rings. The number of hydrogen-bond acceptors (Lipinski definition) is 2. The van der Waals surface area contributed by atoms with Crippen LogP contribution in [-0.4, -0.2) is 18.5 Å². The van der Waals surface area contributed by atoms with Crippen LogP contribution < -0.4 is 11.1 Å². The van der Waals surface area contributed by atoms with E-state index in [1.807, 2.05) is 25.1 Å². The third-order valence-corrected chi connectivity index (χ3v) is 4.38. The second-order valence-electron chi connectivity index (χ2n) is 6.21. The molecule has 0 saturated heterocycles. The summed E-state index contributed by atoms with van der Waals surface area (Å²) >= 11 is 0. The van der Waals surface area contributed by atoms with Crippen molar-refractivity contribution in [2.24, 2.45) is 17.6 Å². The molecule has 21 heavy (non-hydrogen) atoms. The summed E-state index contributed by atoms with van der Waals surface area (Å²) in [7, 11) is 0. The topological polar surface area (TPSA) is 55.1 Å². The van der Waals surface area contributed by atoms with Gasteiger partial charge in [0.15, 0.2) is 0 Å². The number of benzene rings is 1. The second kappa shape index (κ2) is 5.91. The Labute approximate surface area is 126 Å². The molecule has 1 aromatic carbocycles. The van der Waals surface area contributed by atoms with Crippen LogP contribution in [0.2, 0.25) is 0 Å². The maximum atomic E-state index is 12.5. The molecule has 3 N–H and O–H groups in total. The molecule has 0 aliphatic heterocycles. The molecule has 0 unspecified atom stereocenters. The highest BCUT2D eigenvalue weighted by molar-refractivity contribution is 5.95. The van der Waals surface area contributed by atoms with Crippen LogP contribution in [0.4, 0.5) is 0 Å². The van der Waals surface area contributed by atoms with Gasteiger partial charge in [0.2, 0.25) is 0 Å². The number of carbonyl (C=O) groups is 1. The summed E-state index contributed by atoms with van der Waals surface area (Å²) < 4.78 is 0. The van der Waals surface area contributed by atoms with E-state index in [2.05, 4.69) is 17.2 Å². The Morgan fingerprint density at radius 1 is 1.33 bits per heavy atom. The average molecular weight is 282 g/mol. The van der Waals surface area contributed by atoms with E-state index in [-0.39, 0.29) is 5.91 Å². The molecule has 0 aromatic heterocycles. The minimum absolute atomic E-state index is 0.0367. The molecular weight excluding hydrogens is 260 g/mol. The molecular formula is C18H22N2O. The van der Waals surface area contributed by atoms with Crippen molar-refractivity contribution >= 4 is 5.91 Å². The van der Waals surface area contributed by atoms with E-state index in [0.29, 0.717) is 30.0 Å². The standard InChI is InChI=1S/C18H22N2O/c1-12-4-5-16(11-15(12)3-2-10-19)18(21)20-17(13-6-7-13)14-8-9-14/h4-5,11,13-14,17H,6-10,19H2,1H3,(H,20,21). The Hall–Kier alpha value is -1.79. The van der Waals surface area contributed by atoms with Crippen LogP contribution in [0.3, 0.4) is 0 Å². The third-order valence-electron chi connectivity index (χ3n) is 4.38. The van der Waals surface area contributed by atoms with E-state index < -0.39 is 0 Å². The number of aryl methyl sites for hydroxylation is 1. The van der Waals surface area contributed by atoms with Gasteiger partial charge in [-0.2, -0.15) is 0 Å². The van der Waals surface area contributed by atoms with E-state index in [0.717, 1.165) is 11.1 Å². The van der Waals surface area contributed by atoms with Crippen molar-refractivity contribution in [3.63, 3.8) is 0 Å². The number of carbonyl (C=O) groups excluding carboxylic acids is 1. The van der Waals surface area contributed by atoms with E-state index in [4.69, 9.17) is 5.73 Å². The van der Waals surface area contributed by atoms with Crippen LogP contribution >= 0.6 is 0 Å². The maximum Gasteiger partial charge on any atom is 0.251 e. The number of nitrogens with one attached hydrogen (secondary N) is 1. The molecule has 3 rings (SSSR count). The van der Waals surface area contributed by atoms with Crippen molar-refractivity contribution in [3.8, 4) is 11.8 Å². The van der Waals surface area contributed by atoms with Crippen LogP contribution in [-0.2, 0) is 0 Å². The first-order valence-electron chi connectivity index (χ1n) is 7.79. The molecule has 2 fully saturated rings. The molecule has 2 aliphatic carbocycles. The summed E-state index contributed by atoms with van der Waals surface area (Å²) in [5.41, 5.74) is 8.09. The van der Waals surface area contributed by atoms with Gasteiger partial charge in [-0.3, -0.25) is 4.79 Å². The molecule has 0 radical (unpaired) electrons. The van der Waals surface area contributed by atoms with Gasteiger partial charge in [-0.25, -0.2) is 0 Å². The Morgan fingerprint density at radius 2 is 2.00 bits per heavy atom. The van der Waals surface area contributed by atoms with Crippen LogP contribution in [0, 0.1) is 30.6 Å². The van der Waals surface area contributed by atoms with Gasteiger partial charge >= 0.3 is 0 Å². The number of nitrogens with two attached hydrogens (primary N) is 1. The highest BCUT2D eigenvalue weighted by Crippen LogP contribution is 2.44. The van der Waals surface area contributed by atoms with Crippen molar-refractivity contribution < 1.29 is 4.79 Å². The Balaban J connectivity index is 1.74. The summed E-state index contributed by atoms with van der Waals surface area (Å²) in [4.78, 5) is 12.5. The smallest absolute Gasteiger partial charge is 0.251 e. The van der Waals surface area contributed by atoms with Crippen LogP contribution in [0.25, 0.3) is 0 Å². The number of amides is 1. The molecule has 0 atom stereocenters. The second-order valence-corrected chi connectivity index (χ2v) is 6.21. The lowest BCUT2D eigenvalue weighted by Gasteiger charge is -2.18. The zero-order valence-electron chi connectivity index (χ0n) is 12.5. The SMILES string of the molecule is Cc1ccc(C(=O)NC(C2CC2)C2CC2)cc1C#CCN. The predicted molar refractivity (Wildman–Crippen MR) is 83.8 cm³/mol. The van der Waals surface area contributed by atoms with Crippen molar-refractivity contribution in [1.82, 2.24) is 5.32 Å². The summed E-state index contributed by atoms with van der Waals surface area (Å²) in [5.74, 6) is 7.35. The highest BCUT2D eigenvalue weighted by atomic mass is 16.1. The normalized spacial score (nSPS) is 17.3. The molecule has 0 spiro atoms. The van der Waals surface area contributed by atoms with Crippen molar-refractivity contribution in [2.75, 3.05) is 6.54 Å². The molecule has 1 amide bonds. The van der Waals surface area contributed by atoms with Gasteiger partial charge in [0, 0.05) is 17.2 Å². The lowest BCUT2D eigenvalue weighted by molar-refractivity contribution is 0.0926. The summed E-state index contributed by atoms with van der Waals surface area (Å²) in [5, 5.41) is 3.25. The van der Waals surface area contributed by atoms with Crippen molar-refractivity contribution in [3.05, 3.63) is 34.9 Å². The van der Waals surface area contributed by atoms with E-state index in [1.165, 1.54) is 25.7 Å². The van der Waals surface area contributed by atoms with Gasteiger partial charge < -0.3 is 11.1 Å². The van der Waals surface area contributed by atoms with Crippen molar-refractivity contribution in [2.45, 2.75) is 38.6 Å². The van der Waals surface area contributed by atoms with Gasteiger partial charge in [-0.15, -0.1) is 0 Å². The molecule has 110 valence electrons. The minimum Gasteiger partial charge on any atom is -0.349 e. The van der Waals surface area contributed by atoms with Crippen LogP contribution in [0.15, 0.2) is 18.2 Å². The fourth-order valence-corrected chi connectivity index (χ4v) is 2.81. The monoisotopic (exact) mass is 282 g/mol. The third kappa shape index (κ3) is 3.46. The molecule has 2 aliphatic rings. The first-order valence-corrected chi connectivity index (χ1v) is 7.79. The summed E-state index contributed by atoms with van der Waals surface area (Å²) in [6.45, 7) is 2.33. The van der Waals surface area contributed by atoms with Crippen LogP contribution in [0.5, 0.6) is 0 Å². The first kappa shape index (κ1) is 14.2. The number of rotatable bonds is 4. The maximum absolute atomic E-state index is 12.5. The van der Waals surface area contributed by atoms with Gasteiger partial charge in [0.25, 0.3) is 5.91 Å². The Bertz CT molecular complexity index is 591. The Kier molecular flexibility index (Phi) is 3.98. The average Bonchev–Trinajstić information content (AvgIpc) is 3.37. The molecule has 0 bridgehead atoms. The summed E-state index contributed by atoms with van der Waals surface area (Å²) in [6.07, 6.45) is 5.07. The zero-order valence-corrected chi connectivity index (χ0v) is 12.5. The minimum atomic E-state index is 0.0367. The molecule has 3 heteroatoms. The Morgan fingerprint density at radius 3 is 2.57 bits per heavy atom. The fraction of sp³-hybridized carbons (Fsp3) is 0.500. The van der Waals surface area contributed by atoms with Gasteiger partial charge in [0.1, 0.15) is 0 Å². The van der Waals surface area contributed by atoms with Crippen LogP contribution in [0.1, 0.15) is 47.2 Å². The van der Waals surface area contributed by atoms with Gasteiger partial charge in [-0.05, 0) is 62.1 Å². The van der Waals surface area contributed by atoms with Gasteiger partial charge in [-0.1, -0.05) is 17.9 Å². The first-order chi connectivity index (χ1) is 10.2. The summed E-state index contributed by atoms with van der Waals surface area (Å²) in [6, 6.07) is 6.11. The van der Waals surface area contributed by atoms with Gasteiger partial charge in [0.05, 0.1) is 6.54 Å². The van der Waals surface area contributed by atoms with E-state index >= 15 is 0 Å². The van der Waals surface area contributed by atoms with E-state index in [9.17, 15) is 4.79 Å². The lowest BCUT2D eigenvalue weighted by Crippen LogP contribution is -2.38. The fourth-order valence-electron chi connectivity index (χ4n) is 2.81. The molecule has 2 saturated carbocycles. The number of hydrogen-bond donors (Lipinski definition) is 2. The molecule has 0 heterocycles.